The standard InChI is InChI=1S/C43H58N2O4S/c1-2-3-4-5-6-7-8-9-10-11-12-13-14-17-22-45-23-18-19-35(31-45)39-37(30-44-40-36-20-15-16-21-38(36)50(47,48)41(39)40)42(46)49-43-27-32-24-33(28-43)26-34(25-32)29-43/h15-16,18,20-21,30-34,39H,2-14,17,22-29H2,1H3/p+1. The molecule has 1 aromatic carbocycles. The number of dihydropyridines is 1. The first kappa shape index (κ1) is 35.5. The van der Waals surface area contributed by atoms with Crippen molar-refractivity contribution in [1.82, 2.24) is 10.2 Å². The van der Waals surface area contributed by atoms with Gasteiger partial charge in [0.15, 0.2) is 0 Å². The van der Waals surface area contributed by atoms with Crippen LogP contribution in [-0.4, -0.2) is 38.0 Å². The zero-order valence-electron chi connectivity index (χ0n) is 30.4. The molecule has 1 aromatic rings. The fourth-order valence-electron chi connectivity index (χ4n) is 10.4. The van der Waals surface area contributed by atoms with Crippen LogP contribution in [0.4, 0.5) is 0 Å². The van der Waals surface area contributed by atoms with Crippen molar-refractivity contribution in [3.8, 4) is 0 Å². The molecule has 4 fully saturated rings. The molecule has 50 heavy (non-hydrogen) atoms. The van der Waals surface area contributed by atoms with E-state index in [4.69, 9.17) is 4.74 Å². The maximum Gasteiger partial charge on any atom is 0.337 e. The highest BCUT2D eigenvalue weighted by molar-refractivity contribution is 7.96. The van der Waals surface area contributed by atoms with Crippen LogP contribution in [0.15, 0.2) is 63.7 Å². The fourth-order valence-corrected chi connectivity index (χ4v) is 12.4. The molecule has 270 valence electrons. The van der Waals surface area contributed by atoms with Crippen molar-refractivity contribution >= 4 is 21.5 Å². The zero-order chi connectivity index (χ0) is 34.6. The third-order valence-corrected chi connectivity index (χ3v) is 14.4. The van der Waals surface area contributed by atoms with E-state index in [-0.39, 0.29) is 10.9 Å². The molecule has 8 rings (SSSR count). The number of esters is 1. The van der Waals surface area contributed by atoms with Gasteiger partial charge in [0.25, 0.3) is 0 Å². The summed E-state index contributed by atoms with van der Waals surface area (Å²) in [7, 11) is -3.83. The minimum atomic E-state index is -3.83. The number of ether oxygens (including phenoxy) is 1. The number of rotatable bonds is 18. The van der Waals surface area contributed by atoms with Gasteiger partial charge in [0, 0.05) is 18.3 Å². The highest BCUT2D eigenvalue weighted by Gasteiger charge is 2.55. The number of carbonyl (C=O) groups excluding carboxylic acids is 1. The molecule has 4 saturated carbocycles. The molecule has 0 spiro atoms. The van der Waals surface area contributed by atoms with Gasteiger partial charge < -0.3 is 10.1 Å². The molecule has 0 amide bonds. The Morgan fingerprint density at radius 2 is 1.44 bits per heavy atom. The number of nitrogens with one attached hydrogen (secondary N) is 1. The van der Waals surface area contributed by atoms with Crippen molar-refractivity contribution in [3.63, 3.8) is 0 Å². The third-order valence-electron chi connectivity index (χ3n) is 12.5. The first-order valence-corrected chi connectivity index (χ1v) is 21.7. The van der Waals surface area contributed by atoms with Gasteiger partial charge >= 0.3 is 5.97 Å². The Bertz CT molecular complexity index is 1580. The number of carbonyl (C=O) groups is 1. The summed E-state index contributed by atoms with van der Waals surface area (Å²) < 4.78 is 34.9. The van der Waals surface area contributed by atoms with E-state index in [1.807, 2.05) is 18.2 Å². The predicted molar refractivity (Wildman–Crippen MR) is 200 cm³/mol. The van der Waals surface area contributed by atoms with Crippen LogP contribution < -0.4 is 5.32 Å². The predicted octanol–water partition coefficient (Wildman–Crippen LogP) is 9.80. The summed E-state index contributed by atoms with van der Waals surface area (Å²) in [5.74, 6) is 0.781. The first-order chi connectivity index (χ1) is 24.4. The van der Waals surface area contributed by atoms with E-state index in [0.717, 1.165) is 44.3 Å². The largest absolute Gasteiger partial charge is 0.456 e. The third kappa shape index (κ3) is 7.65. The summed E-state index contributed by atoms with van der Waals surface area (Å²) in [5, 5.41) is 3.25. The number of unbranched alkanes of at least 4 members (excludes halogenated alkanes) is 13. The molecule has 1 atom stereocenters. The summed E-state index contributed by atoms with van der Waals surface area (Å²) in [6.45, 7) is 3.92. The van der Waals surface area contributed by atoms with Gasteiger partial charge in [-0.25, -0.2) is 13.2 Å². The van der Waals surface area contributed by atoms with Gasteiger partial charge in [0.2, 0.25) is 15.4 Å². The van der Waals surface area contributed by atoms with Crippen LogP contribution in [0.25, 0.3) is 5.70 Å². The lowest BCUT2D eigenvalue weighted by Crippen LogP contribution is -2.53. The molecule has 7 heteroatoms. The Balaban J connectivity index is 0.979. The highest BCUT2D eigenvalue weighted by Crippen LogP contribution is 2.58. The van der Waals surface area contributed by atoms with E-state index in [0.29, 0.717) is 39.5 Å². The number of fused-ring (bicyclic) bond motifs is 2. The monoisotopic (exact) mass is 699 g/mol. The molecule has 3 heterocycles. The van der Waals surface area contributed by atoms with Gasteiger partial charge in [-0.15, -0.1) is 0 Å². The lowest BCUT2D eigenvalue weighted by atomic mass is 9.54. The Labute approximate surface area is 301 Å². The maximum absolute atomic E-state index is 14.3. The van der Waals surface area contributed by atoms with Crippen molar-refractivity contribution in [3.05, 3.63) is 70.4 Å². The lowest BCUT2D eigenvalue weighted by molar-refractivity contribution is -0.182. The molecule has 1 N–H and O–H groups in total. The maximum atomic E-state index is 14.3. The Kier molecular flexibility index (Phi) is 11.2. The van der Waals surface area contributed by atoms with E-state index >= 15 is 0 Å². The molecule has 7 aliphatic rings. The van der Waals surface area contributed by atoms with E-state index in [1.165, 1.54) is 103 Å². The van der Waals surface area contributed by atoms with Crippen LogP contribution in [0.1, 0.15) is 141 Å². The summed E-state index contributed by atoms with van der Waals surface area (Å²) in [6, 6.07) is 7.16. The minimum absolute atomic E-state index is 0.254. The SMILES string of the molecule is CCCCCCCCCCCCCCCCN1C=C(C2C(C(=O)OC34CC5CC(CC(C5)C3)C4)=CNC3=C2S(=O)(=O)c2ccccc23)[C+]=CC1. The number of nitrogens with zero attached hydrogens (tertiary/aromatic N) is 1. The van der Waals surface area contributed by atoms with Crippen LogP contribution in [-0.2, 0) is 19.4 Å². The second-order valence-electron chi connectivity index (χ2n) is 16.4. The quantitative estimate of drug-likeness (QED) is 0.0934. The fraction of sp³-hybridized carbons (Fsp3) is 0.651. The van der Waals surface area contributed by atoms with Crippen LogP contribution >= 0.6 is 0 Å². The molecule has 0 aromatic heterocycles. The van der Waals surface area contributed by atoms with Gasteiger partial charge in [-0.3, -0.25) is 4.90 Å². The van der Waals surface area contributed by atoms with Crippen LogP contribution in [0.5, 0.6) is 0 Å². The number of hydrogen-bond donors (Lipinski definition) is 1. The average molecular weight is 700 g/mol. The molecule has 4 aliphatic carbocycles. The van der Waals surface area contributed by atoms with E-state index in [2.05, 4.69) is 29.4 Å². The van der Waals surface area contributed by atoms with Crippen molar-refractivity contribution in [2.75, 3.05) is 13.1 Å². The summed E-state index contributed by atoms with van der Waals surface area (Å²) in [5.41, 5.74) is 1.92. The van der Waals surface area contributed by atoms with Crippen LogP contribution in [0.2, 0.25) is 0 Å². The van der Waals surface area contributed by atoms with Gasteiger partial charge in [0.1, 0.15) is 23.8 Å². The average Bonchev–Trinajstić information content (AvgIpc) is 3.33. The number of allylic oxidation sites excluding steroid dienone is 3. The molecule has 4 bridgehead atoms. The zero-order valence-corrected chi connectivity index (χ0v) is 31.2. The van der Waals surface area contributed by atoms with Gasteiger partial charge in [0.05, 0.1) is 33.7 Å². The highest BCUT2D eigenvalue weighted by atomic mass is 32.2. The van der Waals surface area contributed by atoms with Crippen molar-refractivity contribution < 1.29 is 17.9 Å². The van der Waals surface area contributed by atoms with Crippen molar-refractivity contribution in [2.45, 2.75) is 146 Å². The summed E-state index contributed by atoms with van der Waals surface area (Å²) in [6.07, 6.45) is 34.4. The Morgan fingerprint density at radius 1 is 0.860 bits per heavy atom. The Morgan fingerprint density at radius 3 is 2.06 bits per heavy atom. The molecule has 1 unspecified atom stereocenters. The number of benzene rings is 1. The van der Waals surface area contributed by atoms with Crippen LogP contribution in [0, 0.1) is 29.7 Å². The molecule has 3 aliphatic heterocycles. The topological polar surface area (TPSA) is 75.7 Å². The van der Waals surface area contributed by atoms with Gasteiger partial charge in [-0.1, -0.05) is 109 Å². The minimum Gasteiger partial charge on any atom is -0.456 e. The van der Waals surface area contributed by atoms with E-state index in [9.17, 15) is 13.2 Å². The van der Waals surface area contributed by atoms with Crippen LogP contribution in [0.3, 0.4) is 0 Å². The van der Waals surface area contributed by atoms with Crippen molar-refractivity contribution in [1.29, 1.82) is 0 Å². The number of hydrogen-bond acceptors (Lipinski definition) is 6. The van der Waals surface area contributed by atoms with Gasteiger partial charge in [-0.05, 0) is 68.8 Å². The normalized spacial score (nSPS) is 28.5. The molecular formula is C43H59N2O4S+. The molecular weight excluding hydrogens is 641 g/mol. The Hall–Kier alpha value is -2.89. The van der Waals surface area contributed by atoms with Crippen molar-refractivity contribution in [2.24, 2.45) is 23.7 Å². The number of sulfone groups is 1. The second-order valence-corrected chi connectivity index (χ2v) is 18.3. The van der Waals surface area contributed by atoms with E-state index < -0.39 is 21.4 Å². The van der Waals surface area contributed by atoms with E-state index in [1.54, 1.807) is 18.3 Å². The second kappa shape index (κ2) is 15.8. The molecule has 0 radical (unpaired) electrons. The first-order valence-electron chi connectivity index (χ1n) is 20.2. The lowest BCUT2D eigenvalue weighted by Gasteiger charge is -2.55. The van der Waals surface area contributed by atoms with Gasteiger partial charge in [-0.2, -0.15) is 0 Å². The summed E-state index contributed by atoms with van der Waals surface area (Å²) >= 11 is 0. The summed E-state index contributed by atoms with van der Waals surface area (Å²) in [4.78, 5) is 17.1. The smallest absolute Gasteiger partial charge is 0.337 e. The molecule has 6 nitrogen and oxygen atoms in total. The molecule has 0 saturated heterocycles.